The average molecular weight is 382 g/mol. The van der Waals surface area contributed by atoms with Crippen molar-refractivity contribution in [1.82, 2.24) is 4.90 Å². The summed E-state index contributed by atoms with van der Waals surface area (Å²) in [4.78, 5) is 25.5. The minimum absolute atomic E-state index is 0.118. The molecule has 0 amide bonds. The van der Waals surface area contributed by atoms with Crippen molar-refractivity contribution < 1.29 is 28.2 Å². The third-order valence-corrected chi connectivity index (χ3v) is 3.93. The number of carbonyl (C=O) groups is 2. The standard InChI is InChI=1S/C19H27FN2O5/c1-18(2,3)26-16(23)25-17(24)27-19(4,5)11-22-7-6-12-8-14(20)15(21)9-13(12)10-22/h8-9H,6-7,10-11,21H2,1-5H3. The molecule has 0 radical (unpaired) electrons. The Hall–Kier alpha value is -2.35. The van der Waals surface area contributed by atoms with Crippen molar-refractivity contribution in [1.29, 1.82) is 0 Å². The van der Waals surface area contributed by atoms with Crippen LogP contribution in [-0.4, -0.2) is 41.5 Å². The predicted molar refractivity (Wildman–Crippen MR) is 97.7 cm³/mol. The Morgan fingerprint density at radius 1 is 1.11 bits per heavy atom. The molecule has 0 saturated heterocycles. The molecule has 1 heterocycles. The summed E-state index contributed by atoms with van der Waals surface area (Å²) in [5, 5.41) is 0. The quantitative estimate of drug-likeness (QED) is 0.485. The Labute approximate surface area is 158 Å². The lowest BCUT2D eigenvalue weighted by Gasteiger charge is -2.35. The van der Waals surface area contributed by atoms with Gasteiger partial charge in [-0.05, 0) is 64.3 Å². The van der Waals surface area contributed by atoms with Crippen LogP contribution < -0.4 is 5.73 Å². The molecule has 8 heteroatoms. The molecule has 7 nitrogen and oxygen atoms in total. The number of nitrogens with two attached hydrogens (primary N) is 1. The normalized spacial score (nSPS) is 15.0. The Bertz CT molecular complexity index is 728. The summed E-state index contributed by atoms with van der Waals surface area (Å²) < 4.78 is 28.3. The molecule has 0 fully saturated rings. The summed E-state index contributed by atoms with van der Waals surface area (Å²) in [7, 11) is 0. The maximum absolute atomic E-state index is 13.6. The van der Waals surface area contributed by atoms with Gasteiger partial charge in [-0.3, -0.25) is 4.90 Å². The first-order chi connectivity index (χ1) is 12.3. The number of halogens is 1. The highest BCUT2D eigenvalue weighted by atomic mass is 19.1. The molecule has 0 atom stereocenters. The molecule has 0 aromatic heterocycles. The summed E-state index contributed by atoms with van der Waals surface area (Å²) >= 11 is 0. The van der Waals surface area contributed by atoms with E-state index in [4.69, 9.17) is 15.2 Å². The van der Waals surface area contributed by atoms with Crippen LogP contribution in [0.1, 0.15) is 45.7 Å². The second-order valence-corrected chi connectivity index (χ2v) is 8.28. The van der Waals surface area contributed by atoms with Crippen molar-refractivity contribution in [2.45, 2.75) is 58.8 Å². The van der Waals surface area contributed by atoms with E-state index in [0.29, 0.717) is 26.1 Å². The van der Waals surface area contributed by atoms with Crippen molar-refractivity contribution >= 4 is 18.0 Å². The summed E-state index contributed by atoms with van der Waals surface area (Å²) in [6, 6.07) is 3.11. The van der Waals surface area contributed by atoms with Gasteiger partial charge in [0.05, 0.1) is 5.69 Å². The van der Waals surface area contributed by atoms with Gasteiger partial charge >= 0.3 is 12.3 Å². The Kier molecular flexibility index (Phi) is 5.99. The number of ether oxygens (including phenoxy) is 3. The van der Waals surface area contributed by atoms with Crippen molar-refractivity contribution in [3.05, 3.63) is 29.1 Å². The molecule has 2 rings (SSSR count). The zero-order chi connectivity index (χ0) is 20.4. The topological polar surface area (TPSA) is 91.1 Å². The van der Waals surface area contributed by atoms with Crippen LogP contribution in [0, 0.1) is 5.82 Å². The molecular formula is C19H27FN2O5. The summed E-state index contributed by atoms with van der Waals surface area (Å²) in [6.45, 7) is 10.1. The van der Waals surface area contributed by atoms with E-state index in [1.807, 2.05) is 0 Å². The maximum Gasteiger partial charge on any atom is 0.519 e. The third kappa shape index (κ3) is 6.39. The van der Waals surface area contributed by atoms with Gasteiger partial charge in [-0.2, -0.15) is 0 Å². The Morgan fingerprint density at radius 3 is 2.37 bits per heavy atom. The highest BCUT2D eigenvalue weighted by molar-refractivity contribution is 5.77. The molecule has 1 aromatic carbocycles. The highest BCUT2D eigenvalue weighted by Gasteiger charge is 2.31. The lowest BCUT2D eigenvalue weighted by Crippen LogP contribution is -2.44. The predicted octanol–water partition coefficient (Wildman–Crippen LogP) is 3.63. The number of benzene rings is 1. The first-order valence-corrected chi connectivity index (χ1v) is 8.77. The molecule has 1 aromatic rings. The Morgan fingerprint density at radius 2 is 1.74 bits per heavy atom. The number of carbonyl (C=O) groups excluding carboxylic acids is 2. The van der Waals surface area contributed by atoms with Crippen LogP contribution in [0.4, 0.5) is 19.7 Å². The number of hydrogen-bond acceptors (Lipinski definition) is 7. The minimum atomic E-state index is -1.11. The van der Waals surface area contributed by atoms with Crippen molar-refractivity contribution in [2.24, 2.45) is 0 Å². The molecule has 1 aliphatic heterocycles. The van der Waals surface area contributed by atoms with Crippen LogP contribution in [0.3, 0.4) is 0 Å². The molecule has 0 aliphatic carbocycles. The van der Waals surface area contributed by atoms with Crippen LogP contribution in [0.5, 0.6) is 0 Å². The van der Waals surface area contributed by atoms with Gasteiger partial charge in [-0.1, -0.05) is 0 Å². The van der Waals surface area contributed by atoms with Crippen LogP contribution in [0.2, 0.25) is 0 Å². The molecule has 27 heavy (non-hydrogen) atoms. The average Bonchev–Trinajstić information content (AvgIpc) is 2.45. The Balaban J connectivity index is 1.91. The summed E-state index contributed by atoms with van der Waals surface area (Å²) in [5.41, 5.74) is 5.98. The van der Waals surface area contributed by atoms with E-state index in [-0.39, 0.29) is 5.69 Å². The van der Waals surface area contributed by atoms with Crippen molar-refractivity contribution in [3.63, 3.8) is 0 Å². The minimum Gasteiger partial charge on any atom is -0.428 e. The smallest absolute Gasteiger partial charge is 0.428 e. The van der Waals surface area contributed by atoms with Crippen LogP contribution in [-0.2, 0) is 27.2 Å². The number of hydrogen-bond donors (Lipinski definition) is 1. The van der Waals surface area contributed by atoms with Crippen molar-refractivity contribution in [3.8, 4) is 0 Å². The van der Waals surface area contributed by atoms with Crippen LogP contribution in [0.25, 0.3) is 0 Å². The van der Waals surface area contributed by atoms with E-state index < -0.39 is 29.3 Å². The number of anilines is 1. The fraction of sp³-hybridized carbons (Fsp3) is 0.579. The fourth-order valence-corrected chi connectivity index (χ4v) is 2.95. The molecule has 0 unspecified atom stereocenters. The SMILES string of the molecule is CC(C)(C)OC(=O)OC(=O)OC(C)(C)CN1CCc2cc(F)c(N)cc2C1. The maximum atomic E-state index is 13.6. The first-order valence-electron chi connectivity index (χ1n) is 8.77. The van der Waals surface area contributed by atoms with Gasteiger partial charge in [0.1, 0.15) is 17.0 Å². The van der Waals surface area contributed by atoms with E-state index in [1.54, 1.807) is 40.7 Å². The molecule has 0 bridgehead atoms. The molecule has 150 valence electrons. The number of nitrogens with zero attached hydrogens (tertiary/aromatic N) is 1. The third-order valence-electron chi connectivity index (χ3n) is 3.93. The van der Waals surface area contributed by atoms with Gasteiger partial charge in [-0.15, -0.1) is 0 Å². The number of nitrogen functional groups attached to an aromatic ring is 1. The highest BCUT2D eigenvalue weighted by Crippen LogP contribution is 2.25. The summed E-state index contributed by atoms with van der Waals surface area (Å²) in [5.74, 6) is -0.407. The van der Waals surface area contributed by atoms with Gasteiger partial charge in [0.15, 0.2) is 0 Å². The molecule has 0 spiro atoms. The monoisotopic (exact) mass is 382 g/mol. The van der Waals surface area contributed by atoms with Gasteiger partial charge in [-0.25, -0.2) is 14.0 Å². The second-order valence-electron chi connectivity index (χ2n) is 8.28. The molecule has 0 saturated carbocycles. The van der Waals surface area contributed by atoms with E-state index in [1.165, 1.54) is 6.07 Å². The zero-order valence-electron chi connectivity index (χ0n) is 16.4. The van der Waals surface area contributed by atoms with Gasteiger partial charge < -0.3 is 19.9 Å². The first kappa shape index (κ1) is 21.0. The molecule has 2 N–H and O–H groups in total. The van der Waals surface area contributed by atoms with E-state index in [2.05, 4.69) is 9.64 Å². The van der Waals surface area contributed by atoms with Gasteiger partial charge in [0, 0.05) is 19.6 Å². The largest absolute Gasteiger partial charge is 0.519 e. The van der Waals surface area contributed by atoms with Gasteiger partial charge in [0.25, 0.3) is 0 Å². The molecule has 1 aliphatic rings. The van der Waals surface area contributed by atoms with Gasteiger partial charge in [0.2, 0.25) is 0 Å². The number of fused-ring (bicyclic) bond motifs is 1. The summed E-state index contributed by atoms with van der Waals surface area (Å²) in [6.07, 6.45) is -1.55. The molecular weight excluding hydrogens is 355 g/mol. The zero-order valence-corrected chi connectivity index (χ0v) is 16.4. The van der Waals surface area contributed by atoms with E-state index in [0.717, 1.165) is 11.1 Å². The van der Waals surface area contributed by atoms with Crippen LogP contribution >= 0.6 is 0 Å². The van der Waals surface area contributed by atoms with E-state index >= 15 is 0 Å². The second kappa shape index (κ2) is 7.72. The fourth-order valence-electron chi connectivity index (χ4n) is 2.95. The van der Waals surface area contributed by atoms with Crippen molar-refractivity contribution in [2.75, 3.05) is 18.8 Å². The van der Waals surface area contributed by atoms with Crippen LogP contribution in [0.15, 0.2) is 12.1 Å². The lowest BCUT2D eigenvalue weighted by atomic mass is 9.97. The lowest BCUT2D eigenvalue weighted by molar-refractivity contribution is -0.0446. The number of rotatable bonds is 3. The van der Waals surface area contributed by atoms with E-state index in [9.17, 15) is 14.0 Å².